The summed E-state index contributed by atoms with van der Waals surface area (Å²) in [5, 5.41) is 5.25. The summed E-state index contributed by atoms with van der Waals surface area (Å²) in [4.78, 5) is 48.8. The van der Waals surface area contributed by atoms with Gasteiger partial charge in [0.25, 0.3) is 11.8 Å². The molecule has 0 saturated carbocycles. The van der Waals surface area contributed by atoms with Crippen molar-refractivity contribution in [3.63, 3.8) is 0 Å². The molecule has 0 fully saturated rings. The van der Waals surface area contributed by atoms with Crippen molar-refractivity contribution in [2.75, 3.05) is 13.1 Å². The molecule has 0 aromatic heterocycles. The van der Waals surface area contributed by atoms with Gasteiger partial charge in [-0.2, -0.15) is 0 Å². The van der Waals surface area contributed by atoms with Gasteiger partial charge in [0.05, 0.1) is 11.1 Å². The molecule has 4 rings (SSSR count). The second-order valence-corrected chi connectivity index (χ2v) is 9.22. The van der Waals surface area contributed by atoms with Crippen molar-refractivity contribution in [2.45, 2.75) is 39.1 Å². The first-order valence-corrected chi connectivity index (χ1v) is 12.9. The van der Waals surface area contributed by atoms with E-state index in [9.17, 15) is 19.2 Å². The van der Waals surface area contributed by atoms with Crippen molar-refractivity contribution < 1.29 is 28.7 Å². The van der Waals surface area contributed by atoms with Gasteiger partial charge in [-0.3, -0.25) is 14.5 Å². The van der Waals surface area contributed by atoms with Crippen LogP contribution in [0.4, 0.5) is 9.59 Å². The first-order valence-electron chi connectivity index (χ1n) is 12.9. The molecule has 0 unspecified atom stereocenters. The summed E-state index contributed by atoms with van der Waals surface area (Å²) in [7, 11) is 0. The van der Waals surface area contributed by atoms with Crippen LogP contribution in [0.5, 0.6) is 0 Å². The van der Waals surface area contributed by atoms with E-state index in [0.29, 0.717) is 17.7 Å². The van der Waals surface area contributed by atoms with Crippen LogP contribution in [-0.4, -0.2) is 54.1 Å². The number of nitrogens with one attached hydrogen (secondary N) is 2. The van der Waals surface area contributed by atoms with E-state index in [0.717, 1.165) is 16.0 Å². The normalized spacial score (nSPS) is 13.3. The molecule has 3 aromatic rings. The molecule has 4 amide bonds. The van der Waals surface area contributed by atoms with E-state index in [2.05, 4.69) is 10.6 Å². The van der Waals surface area contributed by atoms with Gasteiger partial charge in [0.2, 0.25) is 0 Å². The van der Waals surface area contributed by atoms with Gasteiger partial charge in [0.15, 0.2) is 0 Å². The molecular formula is C30H34N4O6. The van der Waals surface area contributed by atoms with Gasteiger partial charge in [0, 0.05) is 25.2 Å². The molecule has 4 N–H and O–H groups in total. The van der Waals surface area contributed by atoms with Gasteiger partial charge in [-0.15, -0.1) is 0 Å². The van der Waals surface area contributed by atoms with Crippen LogP contribution in [0.2, 0.25) is 0 Å². The number of ether oxygens (including phenoxy) is 2. The van der Waals surface area contributed by atoms with Gasteiger partial charge in [-0.25, -0.2) is 9.59 Å². The Balaban J connectivity index is 0.000000252. The average Bonchev–Trinajstić information content (AvgIpc) is 3.21. The zero-order valence-electron chi connectivity index (χ0n) is 22.5. The maximum Gasteiger partial charge on any atom is 0.407 e. The van der Waals surface area contributed by atoms with E-state index >= 15 is 0 Å². The van der Waals surface area contributed by atoms with Crippen molar-refractivity contribution in [2.24, 2.45) is 5.73 Å². The van der Waals surface area contributed by atoms with E-state index in [4.69, 9.17) is 15.2 Å². The molecule has 0 radical (unpaired) electrons. The molecule has 0 saturated heterocycles. The lowest BCUT2D eigenvalue weighted by molar-refractivity contribution is 0.0635. The summed E-state index contributed by atoms with van der Waals surface area (Å²) in [6, 6.07) is 25.0. The second kappa shape index (κ2) is 15.0. The molecule has 210 valence electrons. The highest BCUT2D eigenvalue weighted by Gasteiger charge is 2.35. The minimum absolute atomic E-state index is 0.0618. The van der Waals surface area contributed by atoms with Gasteiger partial charge in [0.1, 0.15) is 13.2 Å². The average molecular weight is 547 g/mol. The lowest BCUT2D eigenvalue weighted by Crippen LogP contribution is -2.44. The molecule has 10 heteroatoms. The monoisotopic (exact) mass is 546 g/mol. The second-order valence-electron chi connectivity index (χ2n) is 9.22. The number of carbonyl (C=O) groups is 4. The summed E-state index contributed by atoms with van der Waals surface area (Å²) in [6.07, 6.45) is -1.02. The molecule has 0 aliphatic carbocycles. The number of benzene rings is 3. The third-order valence-electron chi connectivity index (χ3n) is 5.84. The molecule has 1 aliphatic rings. The van der Waals surface area contributed by atoms with E-state index in [1.165, 1.54) is 0 Å². The number of fused-ring (bicyclic) bond motifs is 1. The van der Waals surface area contributed by atoms with Crippen LogP contribution in [0.15, 0.2) is 84.9 Å². The Morgan fingerprint density at radius 3 is 1.52 bits per heavy atom. The Kier molecular flexibility index (Phi) is 11.2. The zero-order valence-corrected chi connectivity index (χ0v) is 22.5. The van der Waals surface area contributed by atoms with Crippen molar-refractivity contribution in [1.29, 1.82) is 0 Å². The standard InChI is InChI=1S/C19H18N2O4.C11H16N2O2/c1-13(20-19(24)25-12-14-7-3-2-4-8-14)11-21-17(22)15-9-5-6-10-16(15)18(21)23;1-9(7-12)13-11(14)15-8-10-5-3-2-4-6-10/h2-10,13H,11-12H2,1H3,(H,20,24);2-6,9H,7-8,12H2,1H3,(H,13,14)/t13-;9-/m11/s1. The molecule has 10 nitrogen and oxygen atoms in total. The number of carbonyl (C=O) groups excluding carboxylic acids is 4. The summed E-state index contributed by atoms with van der Waals surface area (Å²) in [5.41, 5.74) is 7.99. The minimum Gasteiger partial charge on any atom is -0.445 e. The molecule has 40 heavy (non-hydrogen) atoms. The fraction of sp³-hybridized carbons (Fsp3) is 0.267. The summed E-state index contributed by atoms with van der Waals surface area (Å²) >= 11 is 0. The molecule has 0 spiro atoms. The SMILES string of the molecule is C[C@H](CN)NC(=O)OCc1ccccc1.C[C@H](CN1C(=O)c2ccccc2C1=O)NC(=O)OCc1ccccc1. The van der Waals surface area contributed by atoms with Crippen molar-refractivity contribution in [3.8, 4) is 0 Å². The maximum atomic E-state index is 12.3. The van der Waals surface area contributed by atoms with Crippen molar-refractivity contribution in [3.05, 3.63) is 107 Å². The van der Waals surface area contributed by atoms with E-state index in [1.807, 2.05) is 67.6 Å². The first-order chi connectivity index (χ1) is 19.3. The van der Waals surface area contributed by atoms with Crippen LogP contribution >= 0.6 is 0 Å². The number of hydrogen-bond acceptors (Lipinski definition) is 7. The molecule has 0 bridgehead atoms. The van der Waals surface area contributed by atoms with Gasteiger partial charge in [-0.1, -0.05) is 72.8 Å². The van der Waals surface area contributed by atoms with Crippen LogP contribution in [0, 0.1) is 0 Å². The number of nitrogens with zero attached hydrogens (tertiary/aromatic N) is 1. The molecule has 2 atom stereocenters. The topological polar surface area (TPSA) is 140 Å². The predicted molar refractivity (Wildman–Crippen MR) is 149 cm³/mol. The summed E-state index contributed by atoms with van der Waals surface area (Å²) in [6.45, 7) is 4.47. The fourth-order valence-electron chi connectivity index (χ4n) is 3.72. The predicted octanol–water partition coefficient (Wildman–Crippen LogP) is 3.86. The highest BCUT2D eigenvalue weighted by Crippen LogP contribution is 2.22. The minimum atomic E-state index is -0.590. The number of imide groups is 1. The van der Waals surface area contributed by atoms with Crippen LogP contribution < -0.4 is 16.4 Å². The molecular weight excluding hydrogens is 512 g/mol. The number of nitrogens with two attached hydrogens (primary N) is 1. The molecule has 1 heterocycles. The van der Waals surface area contributed by atoms with Crippen LogP contribution in [0.1, 0.15) is 45.7 Å². The fourth-order valence-corrected chi connectivity index (χ4v) is 3.72. The Bertz CT molecular complexity index is 1250. The van der Waals surface area contributed by atoms with Crippen molar-refractivity contribution in [1.82, 2.24) is 15.5 Å². The Hall–Kier alpha value is -4.70. The van der Waals surface area contributed by atoms with Crippen molar-refractivity contribution >= 4 is 24.0 Å². The summed E-state index contributed by atoms with van der Waals surface area (Å²) < 4.78 is 10.1. The van der Waals surface area contributed by atoms with Crippen LogP contribution in [0.3, 0.4) is 0 Å². The Labute approximate surface area is 233 Å². The number of hydrogen-bond donors (Lipinski definition) is 3. The summed E-state index contributed by atoms with van der Waals surface area (Å²) in [5.74, 6) is -0.682. The van der Waals surface area contributed by atoms with E-state index in [-0.39, 0.29) is 37.6 Å². The third kappa shape index (κ3) is 8.95. The number of amides is 4. The highest BCUT2D eigenvalue weighted by molar-refractivity contribution is 6.21. The van der Waals surface area contributed by atoms with Gasteiger partial charge < -0.3 is 25.8 Å². The first kappa shape index (κ1) is 29.9. The van der Waals surface area contributed by atoms with Gasteiger partial charge in [-0.05, 0) is 37.1 Å². The quantitative estimate of drug-likeness (QED) is 0.346. The number of rotatable bonds is 9. The lowest BCUT2D eigenvalue weighted by atomic mass is 10.1. The Morgan fingerprint density at radius 1 is 0.700 bits per heavy atom. The Morgan fingerprint density at radius 2 is 1.10 bits per heavy atom. The van der Waals surface area contributed by atoms with Crippen LogP contribution in [0.25, 0.3) is 0 Å². The van der Waals surface area contributed by atoms with E-state index in [1.54, 1.807) is 31.2 Å². The van der Waals surface area contributed by atoms with Crippen LogP contribution in [-0.2, 0) is 22.7 Å². The maximum absolute atomic E-state index is 12.3. The number of alkyl carbamates (subject to hydrolysis) is 2. The molecule has 1 aliphatic heterocycles. The lowest BCUT2D eigenvalue weighted by Gasteiger charge is -2.20. The third-order valence-corrected chi connectivity index (χ3v) is 5.84. The zero-order chi connectivity index (χ0) is 28.9. The molecule has 3 aromatic carbocycles. The highest BCUT2D eigenvalue weighted by atomic mass is 16.6. The largest absolute Gasteiger partial charge is 0.445 e. The smallest absolute Gasteiger partial charge is 0.407 e. The van der Waals surface area contributed by atoms with Gasteiger partial charge >= 0.3 is 12.2 Å². The van der Waals surface area contributed by atoms with E-state index < -0.39 is 18.2 Å².